The van der Waals surface area contributed by atoms with Crippen LogP contribution in [-0.4, -0.2) is 31.3 Å². The van der Waals surface area contributed by atoms with Crippen molar-refractivity contribution in [3.05, 3.63) is 36.0 Å². The highest BCUT2D eigenvalue weighted by atomic mass is 16.2. The molecule has 1 aromatic carbocycles. The third kappa shape index (κ3) is 1.71. The van der Waals surface area contributed by atoms with Crippen LogP contribution < -0.4 is 5.32 Å². The molecule has 0 bridgehead atoms. The number of fused-ring (bicyclic) bond motifs is 1. The number of nitrogens with one attached hydrogen (secondary N) is 3. The maximum Gasteiger partial charge on any atom is 0.295 e. The van der Waals surface area contributed by atoms with E-state index in [-0.39, 0.29) is 11.7 Å². The van der Waals surface area contributed by atoms with Gasteiger partial charge >= 0.3 is 0 Å². The van der Waals surface area contributed by atoms with Crippen LogP contribution in [-0.2, 0) is 0 Å². The third-order valence-electron chi connectivity index (χ3n) is 2.53. The molecule has 1 amide bonds. The van der Waals surface area contributed by atoms with Gasteiger partial charge in [-0.1, -0.05) is 12.1 Å². The maximum absolute atomic E-state index is 11.9. The number of nitrogens with zero attached hydrogens (tertiary/aromatic N) is 3. The summed E-state index contributed by atoms with van der Waals surface area (Å²) in [6.45, 7) is 1.74. The smallest absolute Gasteiger partial charge is 0.295 e. The lowest BCUT2D eigenvalue weighted by Gasteiger charge is -2.03. The standard InChI is InChI=1S/C11H10N6O/c1-6-13-10(17-15-6)11(18)14-8-4-2-3-7-5-12-16-9(7)8/h2-5H,1H3,(H,12,16)(H,14,18)(H,13,15,17). The summed E-state index contributed by atoms with van der Waals surface area (Å²) in [5, 5.41) is 16.9. The molecule has 0 unspecified atom stereocenters. The Morgan fingerprint density at radius 3 is 3.00 bits per heavy atom. The van der Waals surface area contributed by atoms with E-state index in [0.717, 1.165) is 10.9 Å². The first-order valence-electron chi connectivity index (χ1n) is 5.36. The summed E-state index contributed by atoms with van der Waals surface area (Å²) in [6.07, 6.45) is 1.70. The quantitative estimate of drug-likeness (QED) is 0.629. The topological polar surface area (TPSA) is 99.3 Å². The van der Waals surface area contributed by atoms with Crippen LogP contribution in [0.3, 0.4) is 0 Å². The Hall–Kier alpha value is -2.70. The van der Waals surface area contributed by atoms with Gasteiger partial charge in [0.2, 0.25) is 5.82 Å². The SMILES string of the molecule is Cc1nc(C(=O)Nc2cccc3cn[nH]c23)n[nH]1. The summed E-state index contributed by atoms with van der Waals surface area (Å²) in [6, 6.07) is 5.54. The van der Waals surface area contributed by atoms with E-state index < -0.39 is 0 Å². The number of amides is 1. The molecule has 3 rings (SSSR count). The average Bonchev–Trinajstić information content (AvgIpc) is 2.97. The van der Waals surface area contributed by atoms with Crippen LogP contribution in [0.2, 0.25) is 0 Å². The second-order valence-corrected chi connectivity index (χ2v) is 3.84. The molecule has 2 aromatic heterocycles. The molecule has 0 spiro atoms. The Balaban J connectivity index is 1.92. The van der Waals surface area contributed by atoms with Crippen LogP contribution in [0.4, 0.5) is 5.69 Å². The van der Waals surface area contributed by atoms with Gasteiger partial charge in [-0.15, -0.1) is 5.10 Å². The van der Waals surface area contributed by atoms with E-state index in [9.17, 15) is 4.79 Å². The molecule has 0 atom stereocenters. The fraction of sp³-hybridized carbons (Fsp3) is 0.0909. The van der Waals surface area contributed by atoms with Gasteiger partial charge in [0.05, 0.1) is 17.4 Å². The Kier molecular flexibility index (Phi) is 2.30. The number of hydrogen-bond acceptors (Lipinski definition) is 4. The Bertz CT molecular complexity index is 713. The van der Waals surface area contributed by atoms with Gasteiger partial charge in [-0.2, -0.15) is 5.10 Å². The van der Waals surface area contributed by atoms with E-state index in [0.29, 0.717) is 11.5 Å². The molecule has 7 nitrogen and oxygen atoms in total. The minimum Gasteiger partial charge on any atom is -0.317 e. The minimum atomic E-state index is -0.360. The predicted octanol–water partition coefficient (Wildman–Crippen LogP) is 1.24. The summed E-state index contributed by atoms with van der Waals surface area (Å²) < 4.78 is 0. The monoisotopic (exact) mass is 242 g/mol. The molecule has 0 aliphatic heterocycles. The number of anilines is 1. The van der Waals surface area contributed by atoms with E-state index in [1.54, 1.807) is 19.2 Å². The lowest BCUT2D eigenvalue weighted by Crippen LogP contribution is -2.14. The number of carbonyl (C=O) groups is 1. The number of para-hydroxylation sites is 1. The highest BCUT2D eigenvalue weighted by Crippen LogP contribution is 2.20. The van der Waals surface area contributed by atoms with Gasteiger partial charge in [0.15, 0.2) is 0 Å². The lowest BCUT2D eigenvalue weighted by molar-refractivity contribution is 0.101. The normalized spacial score (nSPS) is 10.7. The molecule has 0 saturated carbocycles. The number of benzene rings is 1. The van der Waals surface area contributed by atoms with Crippen molar-refractivity contribution in [2.24, 2.45) is 0 Å². The second kappa shape index (κ2) is 3.95. The number of aromatic amines is 2. The highest BCUT2D eigenvalue weighted by molar-refractivity contribution is 6.06. The Morgan fingerprint density at radius 2 is 2.22 bits per heavy atom. The molecule has 3 aromatic rings. The largest absolute Gasteiger partial charge is 0.317 e. The Labute approximate surface area is 102 Å². The molecular weight excluding hydrogens is 232 g/mol. The van der Waals surface area contributed by atoms with Gasteiger partial charge in [-0.05, 0) is 13.0 Å². The van der Waals surface area contributed by atoms with Crippen LogP contribution in [0.5, 0.6) is 0 Å². The van der Waals surface area contributed by atoms with Crippen molar-refractivity contribution in [2.45, 2.75) is 6.92 Å². The van der Waals surface area contributed by atoms with E-state index in [4.69, 9.17) is 0 Å². The molecule has 7 heteroatoms. The third-order valence-corrected chi connectivity index (χ3v) is 2.53. The average molecular weight is 242 g/mol. The van der Waals surface area contributed by atoms with Crippen LogP contribution in [0.1, 0.15) is 16.4 Å². The summed E-state index contributed by atoms with van der Waals surface area (Å²) in [7, 11) is 0. The number of hydrogen-bond donors (Lipinski definition) is 3. The van der Waals surface area contributed by atoms with E-state index in [1.165, 1.54) is 0 Å². The van der Waals surface area contributed by atoms with Gasteiger partial charge in [-0.25, -0.2) is 4.98 Å². The van der Waals surface area contributed by atoms with E-state index in [1.807, 2.05) is 12.1 Å². The van der Waals surface area contributed by atoms with Crippen LogP contribution in [0, 0.1) is 6.92 Å². The van der Waals surface area contributed by atoms with Gasteiger partial charge in [-0.3, -0.25) is 15.0 Å². The minimum absolute atomic E-state index is 0.115. The number of carbonyl (C=O) groups excluding carboxylic acids is 1. The van der Waals surface area contributed by atoms with Gasteiger partial charge in [0.25, 0.3) is 5.91 Å². The maximum atomic E-state index is 11.9. The second-order valence-electron chi connectivity index (χ2n) is 3.84. The van der Waals surface area contributed by atoms with Crippen molar-refractivity contribution < 1.29 is 4.79 Å². The zero-order chi connectivity index (χ0) is 12.5. The van der Waals surface area contributed by atoms with Crippen molar-refractivity contribution in [1.29, 1.82) is 0 Å². The fourth-order valence-corrected chi connectivity index (χ4v) is 1.70. The van der Waals surface area contributed by atoms with Crippen molar-refractivity contribution in [2.75, 3.05) is 5.32 Å². The fourth-order valence-electron chi connectivity index (χ4n) is 1.70. The Morgan fingerprint density at radius 1 is 1.33 bits per heavy atom. The van der Waals surface area contributed by atoms with Crippen molar-refractivity contribution in [3.63, 3.8) is 0 Å². The molecule has 18 heavy (non-hydrogen) atoms. The number of H-pyrrole nitrogens is 2. The molecule has 0 aliphatic carbocycles. The zero-order valence-electron chi connectivity index (χ0n) is 9.56. The summed E-state index contributed by atoms with van der Waals surface area (Å²) >= 11 is 0. The first kappa shape index (κ1) is 10.5. The molecule has 90 valence electrons. The molecule has 0 fully saturated rings. The predicted molar refractivity (Wildman–Crippen MR) is 65.2 cm³/mol. The summed E-state index contributed by atoms with van der Waals surface area (Å²) in [5.41, 5.74) is 1.43. The van der Waals surface area contributed by atoms with Crippen molar-refractivity contribution in [3.8, 4) is 0 Å². The number of aryl methyl sites for hydroxylation is 1. The molecule has 2 heterocycles. The summed E-state index contributed by atoms with van der Waals surface area (Å²) in [4.78, 5) is 15.9. The van der Waals surface area contributed by atoms with Crippen LogP contribution in [0.15, 0.2) is 24.4 Å². The highest BCUT2D eigenvalue weighted by Gasteiger charge is 2.13. The molecular formula is C11H10N6O. The summed E-state index contributed by atoms with van der Waals surface area (Å²) in [5.74, 6) is 0.352. The molecule has 0 radical (unpaired) electrons. The number of rotatable bonds is 2. The first-order chi connectivity index (χ1) is 8.74. The van der Waals surface area contributed by atoms with Gasteiger partial charge < -0.3 is 5.32 Å². The lowest BCUT2D eigenvalue weighted by atomic mass is 10.2. The first-order valence-corrected chi connectivity index (χ1v) is 5.36. The van der Waals surface area contributed by atoms with Crippen LogP contribution in [0.25, 0.3) is 10.9 Å². The van der Waals surface area contributed by atoms with Crippen molar-refractivity contribution >= 4 is 22.5 Å². The van der Waals surface area contributed by atoms with Gasteiger partial charge in [0.1, 0.15) is 5.82 Å². The van der Waals surface area contributed by atoms with E-state index in [2.05, 4.69) is 30.7 Å². The van der Waals surface area contributed by atoms with Gasteiger partial charge in [0, 0.05) is 5.39 Å². The van der Waals surface area contributed by atoms with Crippen molar-refractivity contribution in [1.82, 2.24) is 25.4 Å². The van der Waals surface area contributed by atoms with Crippen LogP contribution >= 0.6 is 0 Å². The zero-order valence-corrected chi connectivity index (χ0v) is 9.56. The number of aromatic nitrogens is 5. The van der Waals surface area contributed by atoms with E-state index >= 15 is 0 Å². The molecule has 3 N–H and O–H groups in total. The molecule has 0 saturated heterocycles. The molecule has 0 aliphatic rings.